The molecule has 1 aliphatic rings. The van der Waals surface area contributed by atoms with Crippen molar-refractivity contribution < 1.29 is 15.0 Å². The van der Waals surface area contributed by atoms with Crippen molar-refractivity contribution >= 4 is 5.91 Å². The third-order valence-corrected chi connectivity index (χ3v) is 9.09. The zero-order chi connectivity index (χ0) is 31.3. The topological polar surface area (TPSA) is 81.6 Å². The molecule has 0 bridgehead atoms. The number of benzene rings is 2. The fourth-order valence-corrected chi connectivity index (χ4v) is 6.91. The summed E-state index contributed by atoms with van der Waals surface area (Å²) in [6.45, 7) is 27.7. The van der Waals surface area contributed by atoms with Gasteiger partial charge in [0.1, 0.15) is 11.5 Å². The molecule has 2 aromatic rings. The van der Waals surface area contributed by atoms with Gasteiger partial charge in [0.05, 0.1) is 0 Å². The van der Waals surface area contributed by atoms with Crippen molar-refractivity contribution in [1.29, 1.82) is 0 Å². The number of carbonyl (C=O) groups excluding carboxylic acids is 1. The van der Waals surface area contributed by atoms with Crippen LogP contribution in [0.25, 0.3) is 0 Å². The molecule has 3 rings (SSSR count). The van der Waals surface area contributed by atoms with E-state index in [1.165, 1.54) is 0 Å². The van der Waals surface area contributed by atoms with Crippen LogP contribution in [0, 0.1) is 13.8 Å². The molecule has 1 amide bonds. The van der Waals surface area contributed by atoms with Crippen LogP contribution in [-0.2, 0) is 21.0 Å². The summed E-state index contributed by atoms with van der Waals surface area (Å²) < 4.78 is 0. The van der Waals surface area contributed by atoms with Crippen molar-refractivity contribution in [3.63, 3.8) is 0 Å². The first-order chi connectivity index (χ1) is 18.4. The molecule has 1 aliphatic heterocycles. The van der Waals surface area contributed by atoms with Gasteiger partial charge >= 0.3 is 0 Å². The Labute approximate surface area is 249 Å². The number of phenols is 2. The molecule has 2 aromatic carbocycles. The first-order valence-corrected chi connectivity index (χ1v) is 15.2. The van der Waals surface area contributed by atoms with E-state index >= 15 is 0 Å². The fraction of sp³-hybridized carbons (Fsp3) is 0.639. The van der Waals surface area contributed by atoms with E-state index in [1.54, 1.807) is 0 Å². The highest BCUT2D eigenvalue weighted by Gasteiger charge is 2.39. The van der Waals surface area contributed by atoms with Crippen LogP contribution in [0.5, 0.6) is 11.5 Å². The smallest absolute Gasteiger partial charge is 0.220 e. The van der Waals surface area contributed by atoms with Gasteiger partial charge in [-0.3, -0.25) is 4.79 Å². The lowest BCUT2D eigenvalue weighted by Crippen LogP contribution is -2.62. The lowest BCUT2D eigenvalue weighted by Gasteiger charge is -2.46. The third kappa shape index (κ3) is 7.46. The predicted octanol–water partition coefficient (Wildman–Crippen LogP) is 7.82. The molecule has 1 heterocycles. The SMILES string of the molecule is Cc1c(O)cc(C(C)(C)C)cc1C(C)(CCC(=O)NC1CC(C)(C)NC(C)(C)C1)c1cc(C(C)(C)C)cc(O)c1C. The molecule has 0 radical (unpaired) electrons. The van der Waals surface area contributed by atoms with Gasteiger partial charge < -0.3 is 20.8 Å². The van der Waals surface area contributed by atoms with Crippen molar-refractivity contribution in [2.24, 2.45) is 0 Å². The molecule has 0 saturated carbocycles. The standard InChI is InChI=1S/C36H56N2O3/c1-22-27(16-24(18-29(22)39)32(3,4)5)36(13,28-17-25(33(6,7)8)19-30(40)23(28)2)15-14-31(41)37-26-20-34(9,10)38-35(11,12)21-26/h16-19,26,38-40H,14-15,20-21H2,1-13H3,(H,37,41). The van der Waals surface area contributed by atoms with Crippen LogP contribution in [-0.4, -0.2) is 33.2 Å². The maximum absolute atomic E-state index is 13.6. The Morgan fingerprint density at radius 3 is 1.56 bits per heavy atom. The number of amides is 1. The van der Waals surface area contributed by atoms with Crippen LogP contribution in [0.3, 0.4) is 0 Å². The highest BCUT2D eigenvalue weighted by Crippen LogP contribution is 2.46. The minimum atomic E-state index is -0.629. The van der Waals surface area contributed by atoms with Crippen molar-refractivity contribution in [1.82, 2.24) is 10.6 Å². The minimum Gasteiger partial charge on any atom is -0.508 e. The van der Waals surface area contributed by atoms with Gasteiger partial charge in [-0.05, 0) is 117 Å². The van der Waals surface area contributed by atoms with E-state index in [0.29, 0.717) is 12.8 Å². The largest absolute Gasteiger partial charge is 0.508 e. The number of hydrogen-bond donors (Lipinski definition) is 4. The average molecular weight is 565 g/mol. The summed E-state index contributed by atoms with van der Waals surface area (Å²) in [6, 6.07) is 8.23. The number of piperidine rings is 1. The highest BCUT2D eigenvalue weighted by molar-refractivity contribution is 5.76. The molecule has 0 aromatic heterocycles. The number of hydrogen-bond acceptors (Lipinski definition) is 4. The maximum Gasteiger partial charge on any atom is 0.220 e. The van der Waals surface area contributed by atoms with Crippen LogP contribution >= 0.6 is 0 Å². The Morgan fingerprint density at radius 2 is 1.20 bits per heavy atom. The minimum absolute atomic E-state index is 0.0393. The molecule has 228 valence electrons. The molecule has 0 spiro atoms. The van der Waals surface area contributed by atoms with E-state index in [0.717, 1.165) is 46.2 Å². The van der Waals surface area contributed by atoms with Gasteiger partial charge in [0, 0.05) is 29.0 Å². The quantitative estimate of drug-likeness (QED) is 0.288. The van der Waals surface area contributed by atoms with Crippen molar-refractivity contribution in [3.8, 4) is 11.5 Å². The van der Waals surface area contributed by atoms with Gasteiger partial charge in [-0.25, -0.2) is 0 Å². The molecular formula is C36H56N2O3. The summed E-state index contributed by atoms with van der Waals surface area (Å²) >= 11 is 0. The number of nitrogens with one attached hydrogen (secondary N) is 2. The van der Waals surface area contributed by atoms with Crippen molar-refractivity contribution in [3.05, 3.63) is 57.6 Å². The summed E-state index contributed by atoms with van der Waals surface area (Å²) in [5.74, 6) is 0.560. The summed E-state index contributed by atoms with van der Waals surface area (Å²) in [6.07, 6.45) is 2.63. The zero-order valence-electron chi connectivity index (χ0n) is 28.0. The number of carbonyl (C=O) groups is 1. The molecule has 1 fully saturated rings. The van der Waals surface area contributed by atoms with E-state index in [4.69, 9.17) is 0 Å². The van der Waals surface area contributed by atoms with E-state index in [1.807, 2.05) is 26.0 Å². The van der Waals surface area contributed by atoms with E-state index in [2.05, 4.69) is 98.9 Å². The molecule has 0 unspecified atom stereocenters. The zero-order valence-corrected chi connectivity index (χ0v) is 28.0. The number of rotatable bonds is 6. The molecule has 5 heteroatoms. The monoisotopic (exact) mass is 564 g/mol. The van der Waals surface area contributed by atoms with Gasteiger partial charge in [0.2, 0.25) is 5.91 Å². The second-order valence-corrected chi connectivity index (χ2v) is 16.2. The Kier molecular flexibility index (Phi) is 8.81. The Morgan fingerprint density at radius 1 is 0.805 bits per heavy atom. The maximum atomic E-state index is 13.6. The fourth-order valence-electron chi connectivity index (χ4n) is 6.91. The van der Waals surface area contributed by atoms with E-state index in [9.17, 15) is 15.0 Å². The molecule has 1 saturated heterocycles. The Bertz CT molecular complexity index is 1210. The number of phenolic OH excluding ortho intramolecular Hbond substituents is 2. The molecule has 41 heavy (non-hydrogen) atoms. The van der Waals surface area contributed by atoms with E-state index < -0.39 is 5.41 Å². The lowest BCUT2D eigenvalue weighted by atomic mass is 9.67. The Hall–Kier alpha value is -2.53. The van der Waals surface area contributed by atoms with Gasteiger partial charge in [0.15, 0.2) is 0 Å². The summed E-state index contributed by atoms with van der Waals surface area (Å²) in [4.78, 5) is 13.6. The molecule has 4 N–H and O–H groups in total. The van der Waals surface area contributed by atoms with Crippen LogP contribution in [0.15, 0.2) is 24.3 Å². The van der Waals surface area contributed by atoms with Gasteiger partial charge in [-0.2, -0.15) is 0 Å². The van der Waals surface area contributed by atoms with Crippen LogP contribution in [0.2, 0.25) is 0 Å². The second-order valence-electron chi connectivity index (χ2n) is 16.2. The lowest BCUT2D eigenvalue weighted by molar-refractivity contribution is -0.122. The average Bonchev–Trinajstić information content (AvgIpc) is 2.77. The van der Waals surface area contributed by atoms with Crippen molar-refractivity contribution in [2.75, 3.05) is 0 Å². The number of aromatic hydroxyl groups is 2. The summed E-state index contributed by atoms with van der Waals surface area (Å²) in [7, 11) is 0. The van der Waals surface area contributed by atoms with Crippen LogP contribution in [0.1, 0.15) is 135 Å². The predicted molar refractivity (Wildman–Crippen MR) is 171 cm³/mol. The van der Waals surface area contributed by atoms with Gasteiger partial charge in [0.25, 0.3) is 0 Å². The normalized spacial score (nSPS) is 17.9. The molecular weight excluding hydrogens is 508 g/mol. The Balaban J connectivity index is 2.11. The summed E-state index contributed by atoms with van der Waals surface area (Å²) in [5.41, 5.74) is 4.60. The van der Waals surface area contributed by atoms with Crippen LogP contribution < -0.4 is 10.6 Å². The first kappa shape index (κ1) is 33.0. The molecule has 5 nitrogen and oxygen atoms in total. The van der Waals surface area contributed by atoms with Crippen molar-refractivity contribution in [2.45, 2.75) is 149 Å². The second kappa shape index (κ2) is 10.9. The third-order valence-electron chi connectivity index (χ3n) is 9.09. The molecule has 0 aliphatic carbocycles. The van der Waals surface area contributed by atoms with E-state index in [-0.39, 0.29) is 45.4 Å². The molecule has 0 atom stereocenters. The van der Waals surface area contributed by atoms with Gasteiger partial charge in [-0.1, -0.05) is 60.6 Å². The van der Waals surface area contributed by atoms with Crippen LogP contribution in [0.4, 0.5) is 0 Å². The van der Waals surface area contributed by atoms with Gasteiger partial charge in [-0.15, -0.1) is 0 Å². The highest BCUT2D eigenvalue weighted by atomic mass is 16.3. The first-order valence-electron chi connectivity index (χ1n) is 15.2. The summed E-state index contributed by atoms with van der Waals surface area (Å²) in [5, 5.41) is 29.3.